The molecular weight excluding hydrogens is 262 g/mol. The average Bonchev–Trinajstić information content (AvgIpc) is 2.91. The summed E-state index contributed by atoms with van der Waals surface area (Å²) < 4.78 is 5.37. The molecule has 1 heterocycles. The van der Waals surface area contributed by atoms with Gasteiger partial charge in [-0.15, -0.1) is 0 Å². The van der Waals surface area contributed by atoms with Gasteiger partial charge in [0.05, 0.1) is 6.26 Å². The van der Waals surface area contributed by atoms with Gasteiger partial charge in [0.2, 0.25) is 0 Å². The third-order valence-electron chi connectivity index (χ3n) is 4.02. The first-order chi connectivity index (χ1) is 10.2. The number of hydrogen-bond acceptors (Lipinski definition) is 2. The highest BCUT2D eigenvalue weighted by Gasteiger charge is 2.13. The molecule has 0 spiro atoms. The second-order valence-electron chi connectivity index (χ2n) is 5.50. The molecule has 0 saturated heterocycles. The smallest absolute Gasteiger partial charge is 0.193 e. The van der Waals surface area contributed by atoms with Gasteiger partial charge in [-0.2, -0.15) is 0 Å². The lowest BCUT2D eigenvalue weighted by atomic mass is 9.90. The number of nitrogens with one attached hydrogen (secondary N) is 1. The largest absolute Gasteiger partial charge is 0.467 e. The van der Waals surface area contributed by atoms with Gasteiger partial charge in [-0.05, 0) is 61.4 Å². The Morgan fingerprint density at radius 2 is 2.14 bits per heavy atom. The van der Waals surface area contributed by atoms with E-state index in [-0.39, 0.29) is 0 Å². The fourth-order valence-electron chi connectivity index (χ4n) is 2.80. The summed E-state index contributed by atoms with van der Waals surface area (Å²) >= 11 is 0. The van der Waals surface area contributed by atoms with Gasteiger partial charge >= 0.3 is 0 Å². The molecule has 1 aromatic carbocycles. The normalized spacial score (nSPS) is 14.8. The molecular formula is C17H21N3O. The van der Waals surface area contributed by atoms with Crippen LogP contribution in [0, 0.1) is 6.92 Å². The second kappa shape index (κ2) is 6.04. The number of anilines is 1. The van der Waals surface area contributed by atoms with E-state index in [0.29, 0.717) is 12.5 Å². The summed E-state index contributed by atoms with van der Waals surface area (Å²) in [6.07, 6.45) is 6.47. The van der Waals surface area contributed by atoms with Crippen molar-refractivity contribution in [3.63, 3.8) is 0 Å². The zero-order valence-corrected chi connectivity index (χ0v) is 12.4. The Morgan fingerprint density at radius 1 is 1.29 bits per heavy atom. The minimum Gasteiger partial charge on any atom is -0.467 e. The predicted molar refractivity (Wildman–Crippen MR) is 85.5 cm³/mol. The van der Waals surface area contributed by atoms with E-state index >= 15 is 0 Å². The van der Waals surface area contributed by atoms with E-state index < -0.39 is 0 Å². The Morgan fingerprint density at radius 3 is 2.95 bits per heavy atom. The molecule has 1 aromatic heterocycles. The zero-order valence-electron chi connectivity index (χ0n) is 12.4. The zero-order chi connectivity index (χ0) is 14.7. The lowest BCUT2D eigenvalue weighted by Crippen LogP contribution is -2.24. The quantitative estimate of drug-likeness (QED) is 0.670. The monoisotopic (exact) mass is 283 g/mol. The molecule has 0 atom stereocenters. The summed E-state index contributed by atoms with van der Waals surface area (Å²) in [5.41, 5.74) is 11.0. The fraction of sp³-hybridized carbons (Fsp3) is 0.353. The molecule has 110 valence electrons. The van der Waals surface area contributed by atoms with Crippen LogP contribution >= 0.6 is 0 Å². The van der Waals surface area contributed by atoms with Crippen LogP contribution < -0.4 is 11.1 Å². The van der Waals surface area contributed by atoms with Crippen molar-refractivity contribution in [1.29, 1.82) is 0 Å². The van der Waals surface area contributed by atoms with E-state index in [2.05, 4.69) is 28.5 Å². The van der Waals surface area contributed by atoms with E-state index in [4.69, 9.17) is 10.2 Å². The van der Waals surface area contributed by atoms with Crippen molar-refractivity contribution in [3.05, 3.63) is 53.0 Å². The maximum atomic E-state index is 6.00. The van der Waals surface area contributed by atoms with E-state index in [1.807, 2.05) is 13.0 Å². The molecule has 3 N–H and O–H groups in total. The second-order valence-corrected chi connectivity index (χ2v) is 5.50. The van der Waals surface area contributed by atoms with Gasteiger partial charge in [-0.25, -0.2) is 4.99 Å². The minimum atomic E-state index is 0.435. The van der Waals surface area contributed by atoms with Crippen LogP contribution in [0.3, 0.4) is 0 Å². The fourth-order valence-corrected chi connectivity index (χ4v) is 2.80. The van der Waals surface area contributed by atoms with Crippen LogP contribution in [0.2, 0.25) is 0 Å². The molecule has 1 aliphatic rings. The molecule has 3 rings (SSSR count). The number of nitrogens with zero attached hydrogens (tertiary/aromatic N) is 1. The lowest BCUT2D eigenvalue weighted by molar-refractivity contribution is 0.510. The molecule has 0 amide bonds. The number of nitrogens with two attached hydrogens (primary N) is 1. The summed E-state index contributed by atoms with van der Waals surface area (Å²) in [5.74, 6) is 1.29. The predicted octanol–water partition coefficient (Wildman–Crippen LogP) is 3.39. The molecule has 0 fully saturated rings. The van der Waals surface area contributed by atoms with Crippen molar-refractivity contribution in [3.8, 4) is 0 Å². The number of aliphatic imine (C=N–C) groups is 1. The molecule has 4 heteroatoms. The van der Waals surface area contributed by atoms with Crippen molar-refractivity contribution >= 4 is 11.6 Å². The van der Waals surface area contributed by atoms with E-state index in [9.17, 15) is 0 Å². The van der Waals surface area contributed by atoms with Gasteiger partial charge in [0.1, 0.15) is 12.3 Å². The first-order valence-electron chi connectivity index (χ1n) is 7.45. The van der Waals surface area contributed by atoms with Gasteiger partial charge in [0.25, 0.3) is 0 Å². The highest BCUT2D eigenvalue weighted by molar-refractivity contribution is 5.93. The topological polar surface area (TPSA) is 63.5 Å². The summed E-state index contributed by atoms with van der Waals surface area (Å²) in [7, 11) is 0. The molecule has 0 radical (unpaired) electrons. The average molecular weight is 283 g/mol. The molecule has 0 saturated carbocycles. The lowest BCUT2D eigenvalue weighted by Gasteiger charge is -2.19. The number of benzene rings is 1. The minimum absolute atomic E-state index is 0.435. The number of hydrogen-bond donors (Lipinski definition) is 2. The molecule has 2 aromatic rings. The molecule has 0 unspecified atom stereocenters. The van der Waals surface area contributed by atoms with Gasteiger partial charge in [0, 0.05) is 5.69 Å². The maximum absolute atomic E-state index is 6.00. The van der Waals surface area contributed by atoms with Crippen molar-refractivity contribution in [2.45, 2.75) is 39.2 Å². The van der Waals surface area contributed by atoms with Gasteiger partial charge < -0.3 is 15.5 Å². The third kappa shape index (κ3) is 3.10. The van der Waals surface area contributed by atoms with Crippen LogP contribution in [0.5, 0.6) is 0 Å². The summed E-state index contributed by atoms with van der Waals surface area (Å²) in [4.78, 5) is 4.36. The first-order valence-corrected chi connectivity index (χ1v) is 7.45. The Balaban J connectivity index is 1.73. The standard InChI is InChI=1S/C17H21N3O/c1-12-9-10-21-16(12)11-19-17(18)20-15-8-4-6-13-5-2-3-7-14(13)15/h4,6,8-10H,2-3,5,7,11H2,1H3,(H3,18,19,20). The summed E-state index contributed by atoms with van der Waals surface area (Å²) in [6, 6.07) is 8.29. The first kappa shape index (κ1) is 13.7. The molecule has 0 aliphatic heterocycles. The van der Waals surface area contributed by atoms with E-state index in [1.54, 1.807) is 6.26 Å². The number of fused-ring (bicyclic) bond motifs is 1. The van der Waals surface area contributed by atoms with Gasteiger partial charge in [-0.3, -0.25) is 0 Å². The maximum Gasteiger partial charge on any atom is 0.193 e. The van der Waals surface area contributed by atoms with Crippen LogP contribution in [0.1, 0.15) is 35.3 Å². The summed E-state index contributed by atoms with van der Waals surface area (Å²) in [6.45, 7) is 2.47. The number of rotatable bonds is 3. The third-order valence-corrected chi connectivity index (χ3v) is 4.02. The van der Waals surface area contributed by atoms with Crippen molar-refractivity contribution in [2.75, 3.05) is 5.32 Å². The van der Waals surface area contributed by atoms with Crippen LogP contribution in [0.25, 0.3) is 0 Å². The van der Waals surface area contributed by atoms with Crippen LogP contribution in [0.4, 0.5) is 5.69 Å². The van der Waals surface area contributed by atoms with Crippen molar-refractivity contribution in [2.24, 2.45) is 10.7 Å². The molecule has 0 bridgehead atoms. The molecule has 1 aliphatic carbocycles. The van der Waals surface area contributed by atoms with Crippen LogP contribution in [-0.4, -0.2) is 5.96 Å². The molecule has 21 heavy (non-hydrogen) atoms. The van der Waals surface area contributed by atoms with E-state index in [0.717, 1.165) is 29.9 Å². The van der Waals surface area contributed by atoms with Crippen LogP contribution in [0.15, 0.2) is 39.9 Å². The van der Waals surface area contributed by atoms with Gasteiger partial charge in [-0.1, -0.05) is 12.1 Å². The number of furan rings is 1. The number of aryl methyl sites for hydroxylation is 2. The Hall–Kier alpha value is -2.23. The Bertz CT molecular complexity index is 658. The SMILES string of the molecule is Cc1ccoc1CN=C(N)Nc1cccc2c1CCCC2. The van der Waals surface area contributed by atoms with Gasteiger partial charge in [0.15, 0.2) is 5.96 Å². The Labute approximate surface area is 125 Å². The summed E-state index contributed by atoms with van der Waals surface area (Å²) in [5, 5.41) is 3.24. The Kier molecular flexibility index (Phi) is 3.95. The number of guanidine groups is 1. The van der Waals surface area contributed by atoms with Crippen molar-refractivity contribution in [1.82, 2.24) is 0 Å². The van der Waals surface area contributed by atoms with Crippen molar-refractivity contribution < 1.29 is 4.42 Å². The highest BCUT2D eigenvalue weighted by Crippen LogP contribution is 2.27. The molecule has 4 nitrogen and oxygen atoms in total. The van der Waals surface area contributed by atoms with E-state index in [1.165, 1.54) is 24.0 Å². The highest BCUT2D eigenvalue weighted by atomic mass is 16.3. The van der Waals surface area contributed by atoms with Crippen LogP contribution in [-0.2, 0) is 19.4 Å².